The first-order valence-corrected chi connectivity index (χ1v) is 5.12. The van der Waals surface area contributed by atoms with Crippen LogP contribution in [0.2, 0.25) is 0 Å². The molecule has 0 amide bonds. The van der Waals surface area contributed by atoms with Crippen molar-refractivity contribution in [2.24, 2.45) is 0 Å². The van der Waals surface area contributed by atoms with Gasteiger partial charge in [0.1, 0.15) is 5.82 Å². The van der Waals surface area contributed by atoms with Gasteiger partial charge in [0.2, 0.25) is 0 Å². The van der Waals surface area contributed by atoms with Gasteiger partial charge in [0.05, 0.1) is 5.69 Å². The van der Waals surface area contributed by atoms with Crippen molar-refractivity contribution in [3.05, 3.63) is 29.7 Å². The first kappa shape index (κ1) is 8.59. The number of Topliss-reactive ketones (excluding diaryl/α,β-unsaturated/α-hetero) is 1. The van der Waals surface area contributed by atoms with Crippen LogP contribution in [0.5, 0.6) is 0 Å². The van der Waals surface area contributed by atoms with Crippen molar-refractivity contribution in [3.8, 4) is 0 Å². The molecule has 15 heavy (non-hydrogen) atoms. The lowest BCUT2D eigenvalue weighted by Gasteiger charge is -2.02. The van der Waals surface area contributed by atoms with Crippen molar-refractivity contribution in [1.82, 2.24) is 14.6 Å². The molecule has 0 bridgehead atoms. The number of aromatic nitrogens is 3. The standard InChI is InChI=1S/C11H11N3O/c1-7(15)9-3-2-4-10-12-13-11(14(9)10)8-5-6-8/h2-4,8H,5-6H2,1H3. The van der Waals surface area contributed by atoms with Gasteiger partial charge in [-0.15, -0.1) is 10.2 Å². The summed E-state index contributed by atoms with van der Waals surface area (Å²) in [5.41, 5.74) is 1.45. The van der Waals surface area contributed by atoms with E-state index in [9.17, 15) is 4.79 Å². The predicted molar refractivity (Wildman–Crippen MR) is 55.0 cm³/mol. The van der Waals surface area contributed by atoms with E-state index in [0.717, 1.165) is 24.3 Å². The molecule has 0 aliphatic heterocycles. The van der Waals surface area contributed by atoms with E-state index in [1.165, 1.54) is 0 Å². The highest BCUT2D eigenvalue weighted by Gasteiger charge is 2.29. The Bertz CT molecular complexity index is 540. The van der Waals surface area contributed by atoms with Crippen LogP contribution in [0.25, 0.3) is 5.65 Å². The lowest BCUT2D eigenvalue weighted by Crippen LogP contribution is -2.04. The number of carbonyl (C=O) groups excluding carboxylic acids is 1. The number of hydrogen-bond acceptors (Lipinski definition) is 3. The Hall–Kier alpha value is -1.71. The lowest BCUT2D eigenvalue weighted by molar-refractivity contribution is 0.101. The summed E-state index contributed by atoms with van der Waals surface area (Å²) in [7, 11) is 0. The third-order valence-corrected chi connectivity index (χ3v) is 2.76. The van der Waals surface area contributed by atoms with E-state index < -0.39 is 0 Å². The summed E-state index contributed by atoms with van der Waals surface area (Å²) in [5, 5.41) is 8.24. The molecule has 0 unspecified atom stereocenters. The molecule has 4 heteroatoms. The molecular weight excluding hydrogens is 190 g/mol. The zero-order valence-corrected chi connectivity index (χ0v) is 8.47. The van der Waals surface area contributed by atoms with E-state index in [4.69, 9.17) is 0 Å². The molecule has 0 aromatic carbocycles. The summed E-state index contributed by atoms with van der Waals surface area (Å²) in [6, 6.07) is 5.55. The highest BCUT2D eigenvalue weighted by atomic mass is 16.1. The van der Waals surface area contributed by atoms with Crippen molar-refractivity contribution in [2.45, 2.75) is 25.7 Å². The summed E-state index contributed by atoms with van der Waals surface area (Å²) in [6.45, 7) is 1.57. The Balaban J connectivity index is 2.33. The Morgan fingerprint density at radius 1 is 1.40 bits per heavy atom. The van der Waals surface area contributed by atoms with Crippen molar-refractivity contribution in [2.75, 3.05) is 0 Å². The van der Waals surface area contributed by atoms with Gasteiger partial charge in [-0.25, -0.2) is 0 Å². The minimum absolute atomic E-state index is 0.0577. The highest BCUT2D eigenvalue weighted by Crippen LogP contribution is 2.39. The maximum Gasteiger partial charge on any atom is 0.176 e. The minimum Gasteiger partial charge on any atom is -0.293 e. The monoisotopic (exact) mass is 201 g/mol. The molecule has 1 saturated carbocycles. The Labute approximate surface area is 86.9 Å². The summed E-state index contributed by atoms with van der Waals surface area (Å²) in [5.74, 6) is 1.50. The summed E-state index contributed by atoms with van der Waals surface area (Å²) >= 11 is 0. The predicted octanol–water partition coefficient (Wildman–Crippen LogP) is 1.81. The maximum atomic E-state index is 11.5. The Morgan fingerprint density at radius 2 is 2.20 bits per heavy atom. The van der Waals surface area contributed by atoms with Crippen LogP contribution in [-0.4, -0.2) is 20.4 Å². The molecule has 1 aliphatic carbocycles. The number of nitrogens with zero attached hydrogens (tertiary/aromatic N) is 3. The number of hydrogen-bond donors (Lipinski definition) is 0. The van der Waals surface area contributed by atoms with Gasteiger partial charge in [0.25, 0.3) is 0 Å². The highest BCUT2D eigenvalue weighted by molar-refractivity contribution is 5.93. The van der Waals surface area contributed by atoms with E-state index in [0.29, 0.717) is 11.6 Å². The Morgan fingerprint density at radius 3 is 2.87 bits per heavy atom. The Kier molecular flexibility index (Phi) is 1.65. The van der Waals surface area contributed by atoms with Gasteiger partial charge in [0.15, 0.2) is 11.4 Å². The quantitative estimate of drug-likeness (QED) is 0.696. The van der Waals surface area contributed by atoms with Gasteiger partial charge >= 0.3 is 0 Å². The van der Waals surface area contributed by atoms with Gasteiger partial charge in [-0.1, -0.05) is 6.07 Å². The number of pyridine rings is 1. The van der Waals surface area contributed by atoms with Crippen LogP contribution in [0.1, 0.15) is 42.0 Å². The second kappa shape index (κ2) is 2.89. The van der Waals surface area contributed by atoms with Crippen LogP contribution in [0.3, 0.4) is 0 Å². The normalized spacial score (nSPS) is 15.8. The van der Waals surface area contributed by atoms with Crippen LogP contribution >= 0.6 is 0 Å². The van der Waals surface area contributed by atoms with E-state index in [1.54, 1.807) is 6.92 Å². The van der Waals surface area contributed by atoms with E-state index in [2.05, 4.69) is 10.2 Å². The SMILES string of the molecule is CC(=O)c1cccc2nnc(C3CC3)n12. The lowest BCUT2D eigenvalue weighted by atomic mass is 10.2. The van der Waals surface area contributed by atoms with Crippen LogP contribution in [-0.2, 0) is 0 Å². The summed E-state index contributed by atoms with van der Waals surface area (Å²) in [6.07, 6.45) is 2.32. The second-order valence-corrected chi connectivity index (χ2v) is 3.99. The van der Waals surface area contributed by atoms with Crippen LogP contribution in [0.4, 0.5) is 0 Å². The number of ketones is 1. The van der Waals surface area contributed by atoms with Gasteiger partial charge in [-0.3, -0.25) is 9.20 Å². The molecule has 0 radical (unpaired) electrons. The molecule has 76 valence electrons. The molecule has 0 saturated heterocycles. The van der Waals surface area contributed by atoms with Crippen LogP contribution in [0, 0.1) is 0 Å². The number of rotatable bonds is 2. The molecule has 3 rings (SSSR count). The van der Waals surface area contributed by atoms with Crippen molar-refractivity contribution < 1.29 is 4.79 Å². The fraction of sp³-hybridized carbons (Fsp3) is 0.364. The molecule has 1 aliphatic rings. The largest absolute Gasteiger partial charge is 0.293 e. The van der Waals surface area contributed by atoms with Gasteiger partial charge in [0, 0.05) is 12.8 Å². The van der Waals surface area contributed by atoms with E-state index in [-0.39, 0.29) is 5.78 Å². The zero-order chi connectivity index (χ0) is 10.4. The third-order valence-electron chi connectivity index (χ3n) is 2.76. The van der Waals surface area contributed by atoms with Crippen molar-refractivity contribution in [3.63, 3.8) is 0 Å². The molecule has 4 nitrogen and oxygen atoms in total. The first-order valence-electron chi connectivity index (χ1n) is 5.12. The molecule has 2 aromatic heterocycles. The van der Waals surface area contributed by atoms with E-state index in [1.807, 2.05) is 22.6 Å². The molecule has 0 atom stereocenters. The fourth-order valence-electron chi connectivity index (χ4n) is 1.84. The number of fused-ring (bicyclic) bond motifs is 1. The second-order valence-electron chi connectivity index (χ2n) is 3.99. The molecule has 0 N–H and O–H groups in total. The first-order chi connectivity index (χ1) is 7.27. The molecule has 2 aromatic rings. The molecule has 2 heterocycles. The zero-order valence-electron chi connectivity index (χ0n) is 8.47. The minimum atomic E-state index is 0.0577. The number of carbonyl (C=O) groups is 1. The summed E-state index contributed by atoms with van der Waals surface area (Å²) < 4.78 is 1.89. The van der Waals surface area contributed by atoms with Gasteiger partial charge in [-0.2, -0.15) is 0 Å². The van der Waals surface area contributed by atoms with Crippen LogP contribution < -0.4 is 0 Å². The smallest absolute Gasteiger partial charge is 0.176 e. The van der Waals surface area contributed by atoms with Crippen molar-refractivity contribution in [1.29, 1.82) is 0 Å². The maximum absolute atomic E-state index is 11.5. The van der Waals surface area contributed by atoms with Crippen molar-refractivity contribution >= 4 is 11.4 Å². The third kappa shape index (κ3) is 1.25. The van der Waals surface area contributed by atoms with Gasteiger partial charge in [-0.05, 0) is 25.0 Å². The van der Waals surface area contributed by atoms with Gasteiger partial charge < -0.3 is 0 Å². The topological polar surface area (TPSA) is 47.3 Å². The average molecular weight is 201 g/mol. The fourth-order valence-corrected chi connectivity index (χ4v) is 1.84. The van der Waals surface area contributed by atoms with E-state index >= 15 is 0 Å². The summed E-state index contributed by atoms with van der Waals surface area (Å²) in [4.78, 5) is 11.5. The van der Waals surface area contributed by atoms with Crippen LogP contribution in [0.15, 0.2) is 18.2 Å². The average Bonchev–Trinajstić information content (AvgIpc) is 2.97. The molecular formula is C11H11N3O. The molecule has 0 spiro atoms. The molecule has 1 fully saturated rings.